The molecule has 6 heteroatoms. The molecule has 1 saturated heterocycles. The van der Waals surface area contributed by atoms with Gasteiger partial charge in [0.2, 0.25) is 5.91 Å². The Morgan fingerprint density at radius 1 is 1.27 bits per heavy atom. The lowest BCUT2D eigenvalue weighted by Crippen LogP contribution is -2.32. The van der Waals surface area contributed by atoms with E-state index in [9.17, 15) is 9.59 Å². The Morgan fingerprint density at radius 2 is 1.95 bits per heavy atom. The van der Waals surface area contributed by atoms with Gasteiger partial charge >= 0.3 is 0 Å². The van der Waals surface area contributed by atoms with Gasteiger partial charge in [0.1, 0.15) is 0 Å². The third kappa shape index (κ3) is 4.21. The van der Waals surface area contributed by atoms with E-state index in [0.717, 1.165) is 13.0 Å². The van der Waals surface area contributed by atoms with Crippen molar-refractivity contribution in [2.24, 2.45) is 5.92 Å². The summed E-state index contributed by atoms with van der Waals surface area (Å²) in [6, 6.07) is 7.21. The number of nitrogens with one attached hydrogen (secondary N) is 2. The molecule has 1 fully saturated rings. The predicted octanol–water partition coefficient (Wildman–Crippen LogP) is 2.14. The second kappa shape index (κ2) is 8.76. The molecule has 1 unspecified atom stereocenters. The summed E-state index contributed by atoms with van der Waals surface area (Å²) in [4.78, 5) is 26.5. The molecule has 1 aromatic carbocycles. The van der Waals surface area contributed by atoms with Gasteiger partial charge in [-0.1, -0.05) is 12.1 Å². The van der Waals surface area contributed by atoms with Gasteiger partial charge in [0, 0.05) is 19.6 Å². The van der Waals surface area contributed by atoms with E-state index in [-0.39, 0.29) is 30.1 Å². The zero-order valence-electron chi connectivity index (χ0n) is 13.1. The molecule has 122 valence electrons. The zero-order valence-corrected chi connectivity index (χ0v) is 13.9. The summed E-state index contributed by atoms with van der Waals surface area (Å²) >= 11 is 0. The van der Waals surface area contributed by atoms with Crippen LogP contribution in [0.3, 0.4) is 0 Å². The van der Waals surface area contributed by atoms with Crippen LogP contribution in [0.1, 0.15) is 30.6 Å². The minimum atomic E-state index is -0.0413. The molecule has 2 N–H and O–H groups in total. The van der Waals surface area contributed by atoms with Crippen molar-refractivity contribution in [2.75, 3.05) is 31.5 Å². The quantitative estimate of drug-likeness (QED) is 0.872. The van der Waals surface area contributed by atoms with Crippen molar-refractivity contribution >= 4 is 29.9 Å². The molecule has 1 heterocycles. The molecule has 0 bridgehead atoms. The van der Waals surface area contributed by atoms with E-state index in [4.69, 9.17) is 0 Å². The normalized spacial score (nSPS) is 16.7. The Morgan fingerprint density at radius 3 is 2.55 bits per heavy atom. The van der Waals surface area contributed by atoms with Crippen molar-refractivity contribution < 1.29 is 9.59 Å². The summed E-state index contributed by atoms with van der Waals surface area (Å²) < 4.78 is 0. The van der Waals surface area contributed by atoms with Crippen LogP contribution in [-0.2, 0) is 4.79 Å². The molecule has 0 spiro atoms. The lowest BCUT2D eigenvalue weighted by molar-refractivity contribution is -0.119. The summed E-state index contributed by atoms with van der Waals surface area (Å²) in [5, 5.41) is 6.09. The van der Waals surface area contributed by atoms with E-state index >= 15 is 0 Å². The van der Waals surface area contributed by atoms with Crippen molar-refractivity contribution in [3.05, 3.63) is 29.8 Å². The number of benzene rings is 1. The van der Waals surface area contributed by atoms with Gasteiger partial charge in [0.15, 0.2) is 0 Å². The third-order valence-corrected chi connectivity index (χ3v) is 3.90. The minimum Gasteiger partial charge on any atom is -0.339 e. The average molecular weight is 326 g/mol. The van der Waals surface area contributed by atoms with Crippen LogP contribution in [0, 0.1) is 5.92 Å². The Bertz CT molecular complexity index is 512. The summed E-state index contributed by atoms with van der Waals surface area (Å²) in [6.07, 6.45) is 0.845. The highest BCUT2D eigenvalue weighted by Gasteiger charge is 2.24. The fourth-order valence-corrected chi connectivity index (χ4v) is 2.57. The molecule has 0 aromatic heterocycles. The molecule has 0 radical (unpaired) electrons. The maximum Gasteiger partial charge on any atom is 0.255 e. The molecule has 1 aromatic rings. The molecule has 1 aliphatic rings. The van der Waals surface area contributed by atoms with E-state index in [1.165, 1.54) is 0 Å². The van der Waals surface area contributed by atoms with Gasteiger partial charge in [-0.15, -0.1) is 12.4 Å². The highest BCUT2D eigenvalue weighted by molar-refractivity contribution is 6.04. The van der Waals surface area contributed by atoms with E-state index in [1.54, 1.807) is 17.0 Å². The Labute approximate surface area is 137 Å². The number of nitrogens with zero attached hydrogens (tertiary/aromatic N) is 1. The van der Waals surface area contributed by atoms with Crippen LogP contribution >= 0.6 is 12.4 Å². The fraction of sp³-hybridized carbons (Fsp3) is 0.500. The van der Waals surface area contributed by atoms with Crippen molar-refractivity contribution in [3.63, 3.8) is 0 Å². The first kappa shape index (κ1) is 18.5. The SMILES string of the molecule is CCN(CC)C(=O)c1ccccc1NC(=O)C1CCNC1.Cl. The predicted molar refractivity (Wildman–Crippen MR) is 90.5 cm³/mol. The molecule has 1 atom stereocenters. The smallest absolute Gasteiger partial charge is 0.255 e. The molecule has 0 aliphatic carbocycles. The number of halogens is 1. The molecule has 5 nitrogen and oxygen atoms in total. The molecule has 2 amide bonds. The topological polar surface area (TPSA) is 61.4 Å². The number of carbonyl (C=O) groups excluding carboxylic acids is 2. The fourth-order valence-electron chi connectivity index (χ4n) is 2.57. The molecule has 0 saturated carbocycles. The maximum absolute atomic E-state index is 12.5. The van der Waals surface area contributed by atoms with Crippen LogP contribution in [0.15, 0.2) is 24.3 Å². The van der Waals surface area contributed by atoms with Gasteiger partial charge in [0.05, 0.1) is 17.2 Å². The van der Waals surface area contributed by atoms with Crippen LogP contribution in [-0.4, -0.2) is 42.9 Å². The lowest BCUT2D eigenvalue weighted by atomic mass is 10.1. The first-order valence-electron chi connectivity index (χ1n) is 7.57. The summed E-state index contributed by atoms with van der Waals surface area (Å²) in [5.41, 5.74) is 1.16. The monoisotopic (exact) mass is 325 g/mol. The van der Waals surface area contributed by atoms with Gasteiger partial charge in [0.25, 0.3) is 5.91 Å². The average Bonchev–Trinajstić information content (AvgIpc) is 3.03. The van der Waals surface area contributed by atoms with Crippen molar-refractivity contribution in [1.82, 2.24) is 10.2 Å². The number of amides is 2. The van der Waals surface area contributed by atoms with Gasteiger partial charge in [-0.25, -0.2) is 0 Å². The Kier molecular flexibility index (Phi) is 7.35. The highest BCUT2D eigenvalue weighted by Crippen LogP contribution is 2.19. The Hall–Kier alpha value is -1.59. The molecular weight excluding hydrogens is 302 g/mol. The van der Waals surface area contributed by atoms with Crippen LogP contribution in [0.5, 0.6) is 0 Å². The summed E-state index contributed by atoms with van der Waals surface area (Å²) in [5.74, 6) is -0.0677. The number of rotatable bonds is 5. The van der Waals surface area contributed by atoms with Crippen LogP contribution < -0.4 is 10.6 Å². The number of carbonyl (C=O) groups is 2. The highest BCUT2D eigenvalue weighted by atomic mass is 35.5. The third-order valence-electron chi connectivity index (χ3n) is 3.90. The van der Waals surface area contributed by atoms with Gasteiger partial charge in [-0.05, 0) is 38.9 Å². The number of anilines is 1. The number of para-hydroxylation sites is 1. The van der Waals surface area contributed by atoms with Crippen LogP contribution in [0.4, 0.5) is 5.69 Å². The van der Waals surface area contributed by atoms with E-state index in [0.29, 0.717) is 30.9 Å². The maximum atomic E-state index is 12.5. The molecule has 2 rings (SSSR count). The molecule has 22 heavy (non-hydrogen) atoms. The van der Waals surface area contributed by atoms with Crippen LogP contribution in [0.25, 0.3) is 0 Å². The van der Waals surface area contributed by atoms with Crippen molar-refractivity contribution in [1.29, 1.82) is 0 Å². The van der Waals surface area contributed by atoms with E-state index in [2.05, 4.69) is 10.6 Å². The second-order valence-electron chi connectivity index (χ2n) is 5.20. The zero-order chi connectivity index (χ0) is 15.2. The minimum absolute atomic E-state index is 0. The lowest BCUT2D eigenvalue weighted by Gasteiger charge is -2.21. The largest absolute Gasteiger partial charge is 0.339 e. The van der Waals surface area contributed by atoms with Gasteiger partial charge in [-0.3, -0.25) is 9.59 Å². The summed E-state index contributed by atoms with van der Waals surface area (Å²) in [7, 11) is 0. The number of hydrogen-bond donors (Lipinski definition) is 2. The van der Waals surface area contributed by atoms with Crippen molar-refractivity contribution in [3.8, 4) is 0 Å². The Balaban J connectivity index is 0.00000242. The molecular formula is C16H24ClN3O2. The first-order valence-corrected chi connectivity index (χ1v) is 7.57. The van der Waals surface area contributed by atoms with Gasteiger partial charge in [-0.2, -0.15) is 0 Å². The molecule has 1 aliphatic heterocycles. The van der Waals surface area contributed by atoms with E-state index < -0.39 is 0 Å². The van der Waals surface area contributed by atoms with E-state index in [1.807, 2.05) is 26.0 Å². The second-order valence-corrected chi connectivity index (χ2v) is 5.20. The number of hydrogen-bond acceptors (Lipinski definition) is 3. The standard InChI is InChI=1S/C16H23N3O2.ClH/c1-3-19(4-2)16(21)13-7-5-6-8-14(13)18-15(20)12-9-10-17-11-12;/h5-8,12,17H,3-4,9-11H2,1-2H3,(H,18,20);1H. The van der Waals surface area contributed by atoms with Gasteiger partial charge < -0.3 is 15.5 Å². The first-order chi connectivity index (χ1) is 10.2. The van der Waals surface area contributed by atoms with Crippen LogP contribution in [0.2, 0.25) is 0 Å². The summed E-state index contributed by atoms with van der Waals surface area (Å²) in [6.45, 7) is 6.80. The van der Waals surface area contributed by atoms with Crippen molar-refractivity contribution in [2.45, 2.75) is 20.3 Å².